The molecule has 0 atom stereocenters. The minimum Gasteiger partial charge on any atom is -0.398 e. The molecule has 31 heavy (non-hydrogen) atoms. The Morgan fingerprint density at radius 3 is 1.32 bits per heavy atom. The fourth-order valence-electron chi connectivity index (χ4n) is 4.07. The molecule has 2 aliphatic carbocycles. The predicted molar refractivity (Wildman–Crippen MR) is 134 cm³/mol. The van der Waals surface area contributed by atoms with Gasteiger partial charge in [0.25, 0.3) is 0 Å². The zero-order chi connectivity index (χ0) is 21.9. The van der Waals surface area contributed by atoms with Crippen LogP contribution in [0.2, 0.25) is 0 Å². The van der Waals surface area contributed by atoms with E-state index in [1.807, 2.05) is 60.3 Å². The van der Waals surface area contributed by atoms with Crippen molar-refractivity contribution in [1.29, 1.82) is 0 Å². The van der Waals surface area contributed by atoms with Crippen molar-refractivity contribution in [3.63, 3.8) is 0 Å². The molecule has 5 heteroatoms. The van der Waals surface area contributed by atoms with E-state index in [0.717, 1.165) is 34.0 Å². The predicted octanol–water partition coefficient (Wildman–Crippen LogP) is 4.08. The lowest BCUT2D eigenvalue weighted by molar-refractivity contribution is 0.679. The number of rotatable bonds is 6. The molecule has 0 aliphatic heterocycles. The van der Waals surface area contributed by atoms with Gasteiger partial charge in [0.05, 0.1) is 11.1 Å². The molecule has 0 heterocycles. The van der Waals surface area contributed by atoms with E-state index in [-0.39, 0.29) is 0 Å². The first-order chi connectivity index (χ1) is 14.9. The summed E-state index contributed by atoms with van der Waals surface area (Å²) in [7, 11) is 0. The normalized spacial score (nSPS) is 29.4. The zero-order valence-electron chi connectivity index (χ0n) is 17.5. The molecule has 0 unspecified atom stereocenters. The molecule has 2 aliphatic rings. The van der Waals surface area contributed by atoms with Crippen LogP contribution in [0.1, 0.15) is 11.1 Å². The summed E-state index contributed by atoms with van der Waals surface area (Å²) < 4.78 is 0. The molecule has 0 spiro atoms. The number of thioether (sulfide) groups is 1. The van der Waals surface area contributed by atoms with Gasteiger partial charge in [-0.15, -0.1) is 0 Å². The highest BCUT2D eigenvalue weighted by Gasteiger charge is 2.27. The monoisotopic (exact) mass is 430 g/mol. The molecular formula is C26H30N4S. The van der Waals surface area contributed by atoms with Crippen LogP contribution in [0.15, 0.2) is 97.1 Å². The average Bonchev–Trinajstić information content (AvgIpc) is 2.77. The molecule has 4 rings (SSSR count). The summed E-state index contributed by atoms with van der Waals surface area (Å²) in [4.78, 5) is 0. The average molecular weight is 431 g/mol. The maximum Gasteiger partial charge on any atom is 0.0802 e. The Balaban J connectivity index is 1.30. The van der Waals surface area contributed by atoms with Crippen molar-refractivity contribution in [2.75, 3.05) is 23.0 Å². The van der Waals surface area contributed by atoms with E-state index in [1.165, 1.54) is 0 Å². The number of allylic oxidation sites excluding steroid dienone is 4. The van der Waals surface area contributed by atoms with Crippen molar-refractivity contribution in [3.05, 3.63) is 108 Å². The molecule has 4 nitrogen and oxygen atoms in total. The van der Waals surface area contributed by atoms with Crippen LogP contribution in [-0.2, 0) is 11.1 Å². The molecule has 0 fully saturated rings. The summed E-state index contributed by atoms with van der Waals surface area (Å²) in [5.41, 5.74) is 27.4. The van der Waals surface area contributed by atoms with Crippen LogP contribution in [0.25, 0.3) is 0 Å². The van der Waals surface area contributed by atoms with Crippen molar-refractivity contribution < 1.29 is 0 Å². The highest BCUT2D eigenvalue weighted by molar-refractivity contribution is 7.99. The van der Waals surface area contributed by atoms with Crippen LogP contribution in [0.4, 0.5) is 11.4 Å². The first-order valence-electron chi connectivity index (χ1n) is 10.5. The number of para-hydroxylation sites is 2. The van der Waals surface area contributed by atoms with Crippen LogP contribution in [0.5, 0.6) is 0 Å². The number of nitrogens with two attached hydrogens (primary N) is 4. The lowest BCUT2D eigenvalue weighted by Gasteiger charge is -2.29. The van der Waals surface area contributed by atoms with Gasteiger partial charge in [-0.3, -0.25) is 0 Å². The van der Waals surface area contributed by atoms with Crippen molar-refractivity contribution in [3.8, 4) is 0 Å². The molecule has 0 radical (unpaired) electrons. The van der Waals surface area contributed by atoms with Gasteiger partial charge in [-0.2, -0.15) is 11.8 Å². The van der Waals surface area contributed by atoms with E-state index in [2.05, 4.69) is 48.6 Å². The highest BCUT2D eigenvalue weighted by Crippen LogP contribution is 2.33. The Labute approximate surface area is 188 Å². The SMILES string of the molecule is Nc1ccccc1C1(N)C=CC(CSCC2C=CC(N)(c3ccccc3N)C=C2)C=C1. The molecule has 0 aromatic heterocycles. The van der Waals surface area contributed by atoms with E-state index < -0.39 is 11.1 Å². The van der Waals surface area contributed by atoms with Crippen LogP contribution in [-0.4, -0.2) is 11.5 Å². The fourth-order valence-corrected chi connectivity index (χ4v) is 5.20. The third kappa shape index (κ3) is 4.64. The topological polar surface area (TPSA) is 104 Å². The maximum atomic E-state index is 6.57. The Morgan fingerprint density at radius 2 is 0.968 bits per heavy atom. The van der Waals surface area contributed by atoms with Gasteiger partial charge in [0.2, 0.25) is 0 Å². The van der Waals surface area contributed by atoms with Gasteiger partial charge in [-0.1, -0.05) is 85.0 Å². The van der Waals surface area contributed by atoms with Crippen molar-refractivity contribution in [2.45, 2.75) is 11.1 Å². The Kier molecular flexibility index (Phi) is 6.10. The third-order valence-corrected chi connectivity index (χ3v) is 7.19. The second-order valence-electron chi connectivity index (χ2n) is 8.34. The standard InChI is InChI=1S/C26H30N4S/c27-23-7-3-1-5-21(23)25(29)13-9-19(10-14-25)17-31-18-20-11-15-26(30,16-12-20)22-6-2-4-8-24(22)28/h1-16,19-20H,17-18,27-30H2. The smallest absolute Gasteiger partial charge is 0.0802 e. The van der Waals surface area contributed by atoms with Crippen molar-refractivity contribution >= 4 is 23.1 Å². The minimum absolute atomic E-state index is 0.362. The summed E-state index contributed by atoms with van der Waals surface area (Å²) in [5.74, 6) is 2.73. The summed E-state index contributed by atoms with van der Waals surface area (Å²) in [6.07, 6.45) is 17.0. The molecule has 0 amide bonds. The Morgan fingerprint density at radius 1 is 0.613 bits per heavy atom. The van der Waals surface area contributed by atoms with E-state index in [4.69, 9.17) is 22.9 Å². The second-order valence-corrected chi connectivity index (χ2v) is 9.42. The summed E-state index contributed by atoms with van der Waals surface area (Å²) >= 11 is 1.93. The Bertz CT molecular complexity index is 941. The van der Waals surface area contributed by atoms with Gasteiger partial charge in [0, 0.05) is 45.8 Å². The number of hydrogen-bond acceptors (Lipinski definition) is 5. The second kappa shape index (κ2) is 8.79. The number of hydrogen-bond donors (Lipinski definition) is 4. The molecule has 160 valence electrons. The molecule has 2 aromatic rings. The molecule has 8 N–H and O–H groups in total. The zero-order valence-corrected chi connectivity index (χ0v) is 18.3. The van der Waals surface area contributed by atoms with Gasteiger partial charge < -0.3 is 22.9 Å². The minimum atomic E-state index is -0.634. The lowest BCUT2D eigenvalue weighted by atomic mass is 9.84. The first kappa shape index (κ1) is 21.5. The quantitative estimate of drug-likeness (QED) is 0.408. The molecule has 2 aromatic carbocycles. The lowest BCUT2D eigenvalue weighted by Crippen LogP contribution is -2.35. The van der Waals surface area contributed by atoms with E-state index in [9.17, 15) is 0 Å². The number of anilines is 2. The van der Waals surface area contributed by atoms with E-state index in [1.54, 1.807) is 0 Å². The Hall–Kier alpha value is -2.73. The molecule has 0 saturated heterocycles. The largest absolute Gasteiger partial charge is 0.398 e. The van der Waals surface area contributed by atoms with Gasteiger partial charge in [-0.05, 0) is 12.1 Å². The van der Waals surface area contributed by atoms with Crippen molar-refractivity contribution in [2.24, 2.45) is 23.3 Å². The van der Waals surface area contributed by atoms with Crippen LogP contribution < -0.4 is 22.9 Å². The van der Waals surface area contributed by atoms with Crippen LogP contribution in [0.3, 0.4) is 0 Å². The van der Waals surface area contributed by atoms with E-state index in [0.29, 0.717) is 11.8 Å². The van der Waals surface area contributed by atoms with Gasteiger partial charge in [-0.25, -0.2) is 0 Å². The van der Waals surface area contributed by atoms with Crippen molar-refractivity contribution in [1.82, 2.24) is 0 Å². The first-order valence-corrected chi connectivity index (χ1v) is 11.7. The summed E-state index contributed by atoms with van der Waals surface area (Å²) in [6, 6.07) is 15.5. The van der Waals surface area contributed by atoms with Gasteiger partial charge in [0.1, 0.15) is 0 Å². The fraction of sp³-hybridized carbons (Fsp3) is 0.231. The summed E-state index contributed by atoms with van der Waals surface area (Å²) in [6.45, 7) is 0. The van der Waals surface area contributed by atoms with Crippen LogP contribution in [0, 0.1) is 11.8 Å². The van der Waals surface area contributed by atoms with Crippen LogP contribution >= 0.6 is 11.8 Å². The third-order valence-electron chi connectivity index (χ3n) is 5.95. The molecular weight excluding hydrogens is 400 g/mol. The number of benzene rings is 2. The molecule has 0 saturated carbocycles. The highest BCUT2D eigenvalue weighted by atomic mass is 32.2. The van der Waals surface area contributed by atoms with Gasteiger partial charge >= 0.3 is 0 Å². The summed E-state index contributed by atoms with van der Waals surface area (Å²) in [5, 5.41) is 0. The number of nitrogen functional groups attached to an aromatic ring is 2. The van der Waals surface area contributed by atoms with Gasteiger partial charge in [0.15, 0.2) is 0 Å². The molecule has 0 bridgehead atoms. The maximum absolute atomic E-state index is 6.57. The van der Waals surface area contributed by atoms with E-state index >= 15 is 0 Å².